The summed E-state index contributed by atoms with van der Waals surface area (Å²) in [7, 11) is 0. The molecule has 2 N–H and O–H groups in total. The molecule has 1 aromatic heterocycles. The van der Waals surface area contributed by atoms with Gasteiger partial charge in [-0.15, -0.1) is 0 Å². The second-order valence-corrected chi connectivity index (χ2v) is 4.85. The van der Waals surface area contributed by atoms with Crippen molar-refractivity contribution in [2.45, 2.75) is 18.6 Å². The van der Waals surface area contributed by atoms with E-state index in [1.165, 1.54) is 11.2 Å². The van der Waals surface area contributed by atoms with E-state index in [9.17, 15) is 14.7 Å². The Kier molecular flexibility index (Phi) is 2.94. The Hall–Kier alpha value is -2.34. The van der Waals surface area contributed by atoms with Gasteiger partial charge in [0.05, 0.1) is 11.7 Å². The van der Waals surface area contributed by atoms with Crippen LogP contribution in [0.1, 0.15) is 16.8 Å². The molecule has 1 aliphatic heterocycles. The van der Waals surface area contributed by atoms with Crippen molar-refractivity contribution in [3.63, 3.8) is 0 Å². The standard InChI is InChI=1S/C14H13NO5/c16-8-5-11(14(18)19)15(6-8)13(17)10-7-20-12-4-2-1-3-9(10)12/h1-4,7-8,11,16H,5-6H2,(H,18,19)/t8-,11-/m1/s1. The molecule has 2 atom stereocenters. The van der Waals surface area contributed by atoms with Crippen LogP contribution < -0.4 is 0 Å². The van der Waals surface area contributed by atoms with Crippen LogP contribution in [0.25, 0.3) is 11.0 Å². The molecule has 0 aliphatic carbocycles. The molecule has 2 heterocycles. The number of carbonyl (C=O) groups is 2. The van der Waals surface area contributed by atoms with E-state index in [4.69, 9.17) is 9.52 Å². The number of fused-ring (bicyclic) bond motifs is 1. The number of benzene rings is 1. The first-order chi connectivity index (χ1) is 9.58. The van der Waals surface area contributed by atoms with Crippen molar-refractivity contribution in [3.05, 3.63) is 36.1 Å². The minimum absolute atomic E-state index is 0.0231. The minimum Gasteiger partial charge on any atom is -0.480 e. The molecule has 0 radical (unpaired) electrons. The molecule has 6 heteroatoms. The summed E-state index contributed by atoms with van der Waals surface area (Å²) in [6.07, 6.45) is 0.575. The van der Waals surface area contributed by atoms with Crippen molar-refractivity contribution in [2.75, 3.05) is 6.54 Å². The van der Waals surface area contributed by atoms with Crippen LogP contribution in [0.15, 0.2) is 34.9 Å². The SMILES string of the molecule is O=C(O)[C@H]1C[C@@H](O)CN1C(=O)c1coc2ccccc12. The number of aliphatic hydroxyl groups is 1. The average molecular weight is 275 g/mol. The van der Waals surface area contributed by atoms with E-state index in [-0.39, 0.29) is 13.0 Å². The monoisotopic (exact) mass is 275 g/mol. The van der Waals surface area contributed by atoms with E-state index >= 15 is 0 Å². The molecule has 1 amide bonds. The fourth-order valence-electron chi connectivity index (χ4n) is 2.57. The summed E-state index contributed by atoms with van der Waals surface area (Å²) < 4.78 is 5.29. The molecular weight excluding hydrogens is 262 g/mol. The number of aliphatic hydroxyl groups excluding tert-OH is 1. The predicted octanol–water partition coefficient (Wildman–Crippen LogP) is 1.09. The molecule has 20 heavy (non-hydrogen) atoms. The molecule has 0 spiro atoms. The highest BCUT2D eigenvalue weighted by atomic mass is 16.4. The van der Waals surface area contributed by atoms with E-state index in [0.717, 1.165) is 0 Å². The number of rotatable bonds is 2. The third-order valence-corrected chi connectivity index (χ3v) is 3.54. The Morgan fingerprint density at radius 3 is 2.80 bits per heavy atom. The summed E-state index contributed by atoms with van der Waals surface area (Å²) in [6, 6.07) is 6.06. The molecule has 1 aromatic carbocycles. The first-order valence-corrected chi connectivity index (χ1v) is 6.26. The Labute approximate surface area is 114 Å². The largest absolute Gasteiger partial charge is 0.480 e. The molecule has 6 nitrogen and oxygen atoms in total. The number of hydrogen-bond donors (Lipinski definition) is 2. The number of likely N-dealkylation sites (tertiary alicyclic amines) is 1. The third kappa shape index (κ3) is 1.94. The van der Waals surface area contributed by atoms with Crippen LogP contribution in [0.2, 0.25) is 0 Å². The second-order valence-electron chi connectivity index (χ2n) is 4.85. The summed E-state index contributed by atoms with van der Waals surface area (Å²) in [4.78, 5) is 24.8. The van der Waals surface area contributed by atoms with Gasteiger partial charge in [-0.25, -0.2) is 4.79 Å². The molecule has 0 bridgehead atoms. The molecule has 1 aliphatic rings. The molecule has 3 rings (SSSR count). The average Bonchev–Trinajstić information content (AvgIpc) is 3.01. The number of carboxylic acids is 1. The predicted molar refractivity (Wildman–Crippen MR) is 69.3 cm³/mol. The number of carbonyl (C=O) groups excluding carboxylic acids is 1. The van der Waals surface area contributed by atoms with Gasteiger partial charge in [0.25, 0.3) is 5.91 Å². The highest BCUT2D eigenvalue weighted by molar-refractivity contribution is 6.07. The van der Waals surface area contributed by atoms with E-state index in [0.29, 0.717) is 16.5 Å². The van der Waals surface area contributed by atoms with Crippen molar-refractivity contribution >= 4 is 22.8 Å². The first kappa shape index (κ1) is 12.7. The number of para-hydroxylation sites is 1. The van der Waals surface area contributed by atoms with Crippen LogP contribution in [0.5, 0.6) is 0 Å². The van der Waals surface area contributed by atoms with Crippen LogP contribution in [-0.4, -0.2) is 45.7 Å². The van der Waals surface area contributed by atoms with Crippen LogP contribution in [0, 0.1) is 0 Å². The van der Waals surface area contributed by atoms with Crippen LogP contribution in [0.3, 0.4) is 0 Å². The van der Waals surface area contributed by atoms with Gasteiger partial charge in [-0.1, -0.05) is 18.2 Å². The van der Waals surface area contributed by atoms with Gasteiger partial charge >= 0.3 is 5.97 Å². The van der Waals surface area contributed by atoms with Gasteiger partial charge in [-0.05, 0) is 6.07 Å². The number of aliphatic carboxylic acids is 1. The lowest BCUT2D eigenvalue weighted by Gasteiger charge is -2.20. The van der Waals surface area contributed by atoms with Crippen molar-refractivity contribution < 1.29 is 24.2 Å². The third-order valence-electron chi connectivity index (χ3n) is 3.54. The summed E-state index contributed by atoms with van der Waals surface area (Å²) in [5.74, 6) is -1.54. The lowest BCUT2D eigenvalue weighted by Crippen LogP contribution is -2.40. The van der Waals surface area contributed by atoms with Gasteiger partial charge in [-0.2, -0.15) is 0 Å². The van der Waals surface area contributed by atoms with E-state index in [2.05, 4.69) is 0 Å². The van der Waals surface area contributed by atoms with Gasteiger partial charge in [0.15, 0.2) is 0 Å². The topological polar surface area (TPSA) is 91.0 Å². The number of amides is 1. The van der Waals surface area contributed by atoms with E-state index in [1.807, 2.05) is 0 Å². The molecule has 104 valence electrons. The molecule has 1 saturated heterocycles. The Bertz CT molecular complexity index is 677. The van der Waals surface area contributed by atoms with Gasteiger partial charge < -0.3 is 19.5 Å². The maximum absolute atomic E-state index is 12.5. The smallest absolute Gasteiger partial charge is 0.326 e. The van der Waals surface area contributed by atoms with Gasteiger partial charge in [0.2, 0.25) is 0 Å². The van der Waals surface area contributed by atoms with E-state index < -0.39 is 24.0 Å². The normalized spacial score (nSPS) is 22.4. The Morgan fingerprint density at radius 2 is 2.05 bits per heavy atom. The highest BCUT2D eigenvalue weighted by Crippen LogP contribution is 2.26. The Balaban J connectivity index is 1.98. The van der Waals surface area contributed by atoms with Crippen LogP contribution in [0.4, 0.5) is 0 Å². The zero-order valence-electron chi connectivity index (χ0n) is 10.5. The maximum atomic E-state index is 12.5. The molecule has 0 unspecified atom stereocenters. The molecule has 0 saturated carbocycles. The number of nitrogens with zero attached hydrogens (tertiary/aromatic N) is 1. The number of furan rings is 1. The number of carboxylic acid groups (broad SMARTS) is 1. The van der Waals surface area contributed by atoms with Gasteiger partial charge in [0, 0.05) is 18.4 Å². The lowest BCUT2D eigenvalue weighted by molar-refractivity contribution is -0.141. The van der Waals surface area contributed by atoms with Crippen LogP contribution in [-0.2, 0) is 4.79 Å². The highest BCUT2D eigenvalue weighted by Gasteiger charge is 2.39. The van der Waals surface area contributed by atoms with Gasteiger partial charge in [0.1, 0.15) is 17.9 Å². The summed E-state index contributed by atoms with van der Waals surface area (Å²) in [5.41, 5.74) is 0.892. The fourth-order valence-corrected chi connectivity index (χ4v) is 2.57. The number of β-amino-alcohol motifs (C(OH)–C–C–N with tert-alkyl or cyclic N) is 1. The van der Waals surface area contributed by atoms with Crippen molar-refractivity contribution in [3.8, 4) is 0 Å². The lowest BCUT2D eigenvalue weighted by atomic mass is 10.1. The first-order valence-electron chi connectivity index (χ1n) is 6.26. The van der Waals surface area contributed by atoms with E-state index in [1.54, 1.807) is 24.3 Å². The zero-order valence-corrected chi connectivity index (χ0v) is 10.5. The second kappa shape index (κ2) is 4.64. The maximum Gasteiger partial charge on any atom is 0.326 e. The van der Waals surface area contributed by atoms with Gasteiger partial charge in [-0.3, -0.25) is 4.79 Å². The fraction of sp³-hybridized carbons (Fsp3) is 0.286. The molecular formula is C14H13NO5. The molecule has 2 aromatic rings. The van der Waals surface area contributed by atoms with Crippen molar-refractivity contribution in [1.82, 2.24) is 4.90 Å². The Morgan fingerprint density at radius 1 is 1.30 bits per heavy atom. The minimum atomic E-state index is -1.11. The zero-order chi connectivity index (χ0) is 14.3. The van der Waals surface area contributed by atoms with Crippen molar-refractivity contribution in [2.24, 2.45) is 0 Å². The summed E-state index contributed by atoms with van der Waals surface area (Å²) in [6.45, 7) is 0.0231. The number of hydrogen-bond acceptors (Lipinski definition) is 4. The van der Waals surface area contributed by atoms with Crippen molar-refractivity contribution in [1.29, 1.82) is 0 Å². The summed E-state index contributed by atoms with van der Waals surface area (Å²) in [5, 5.41) is 19.4. The summed E-state index contributed by atoms with van der Waals surface area (Å²) >= 11 is 0. The molecule has 1 fully saturated rings. The van der Waals surface area contributed by atoms with Crippen LogP contribution >= 0.6 is 0 Å². The quantitative estimate of drug-likeness (QED) is 0.856.